The van der Waals surface area contributed by atoms with E-state index in [1.165, 1.54) is 7.11 Å². The highest BCUT2D eigenvalue weighted by Gasteiger charge is 2.25. The van der Waals surface area contributed by atoms with E-state index in [4.69, 9.17) is 4.98 Å². The Morgan fingerprint density at radius 3 is 2.79 bits per heavy atom. The number of benzene rings is 1. The Bertz CT molecular complexity index is 1100. The van der Waals surface area contributed by atoms with Crippen LogP contribution >= 0.6 is 0 Å². The van der Waals surface area contributed by atoms with Gasteiger partial charge in [0, 0.05) is 47.7 Å². The van der Waals surface area contributed by atoms with Crippen molar-refractivity contribution < 1.29 is 14.3 Å². The summed E-state index contributed by atoms with van der Waals surface area (Å²) in [5.74, 6) is -0.237. The van der Waals surface area contributed by atoms with Crippen LogP contribution in [0, 0.1) is 6.92 Å². The van der Waals surface area contributed by atoms with Crippen LogP contribution in [0.3, 0.4) is 0 Å². The average molecular weight is 390 g/mol. The van der Waals surface area contributed by atoms with E-state index in [0.717, 1.165) is 39.2 Å². The number of aromatic nitrogens is 3. The molecule has 0 N–H and O–H groups in total. The van der Waals surface area contributed by atoms with Gasteiger partial charge in [-0.1, -0.05) is 18.2 Å². The van der Waals surface area contributed by atoms with Gasteiger partial charge in [0.05, 0.1) is 32.0 Å². The number of aryl methyl sites for hydroxylation is 2. The lowest BCUT2D eigenvalue weighted by atomic mass is 9.98. The standard InChI is InChI=1S/C22H22N4O3/c1-14-4-7-18(17-11-23-26(13-17)9-8-20(27)29-3)21(24-14)15-5-6-16-12-25(2)22(28)19(16)10-15/h4-7,10-11,13H,8-9,12H2,1-3H3. The number of hydrogen-bond acceptors (Lipinski definition) is 5. The molecule has 3 aromatic rings. The van der Waals surface area contributed by atoms with E-state index in [2.05, 4.69) is 9.84 Å². The number of rotatable bonds is 5. The van der Waals surface area contributed by atoms with E-state index in [1.54, 1.807) is 22.8 Å². The molecule has 0 saturated carbocycles. The number of ether oxygens (including phenoxy) is 1. The smallest absolute Gasteiger partial charge is 0.307 e. The van der Waals surface area contributed by atoms with Gasteiger partial charge in [-0.05, 0) is 24.6 Å². The van der Waals surface area contributed by atoms with E-state index in [1.807, 2.05) is 43.5 Å². The minimum Gasteiger partial charge on any atom is -0.469 e. The van der Waals surface area contributed by atoms with Gasteiger partial charge in [0.25, 0.3) is 5.91 Å². The number of hydrogen-bond donors (Lipinski definition) is 0. The summed E-state index contributed by atoms with van der Waals surface area (Å²) in [5.41, 5.74) is 6.20. The Hall–Kier alpha value is -3.48. The molecule has 0 fully saturated rings. The second-order valence-electron chi connectivity index (χ2n) is 7.20. The van der Waals surface area contributed by atoms with Gasteiger partial charge < -0.3 is 9.64 Å². The van der Waals surface area contributed by atoms with Crippen LogP contribution in [0.25, 0.3) is 22.4 Å². The Kier molecular flexibility index (Phi) is 4.88. The highest BCUT2D eigenvalue weighted by atomic mass is 16.5. The predicted octanol–water partition coefficient (Wildman–Crippen LogP) is 3.07. The summed E-state index contributed by atoms with van der Waals surface area (Å²) in [4.78, 5) is 30.3. The summed E-state index contributed by atoms with van der Waals surface area (Å²) < 4.78 is 6.40. The number of fused-ring (bicyclic) bond motifs is 1. The van der Waals surface area contributed by atoms with Gasteiger partial charge in [-0.2, -0.15) is 5.10 Å². The van der Waals surface area contributed by atoms with Gasteiger partial charge in [0.1, 0.15) is 0 Å². The van der Waals surface area contributed by atoms with E-state index < -0.39 is 0 Å². The van der Waals surface area contributed by atoms with Gasteiger partial charge in [0.15, 0.2) is 0 Å². The average Bonchev–Trinajstić information content (AvgIpc) is 3.30. The van der Waals surface area contributed by atoms with Crippen LogP contribution in [0.5, 0.6) is 0 Å². The van der Waals surface area contributed by atoms with Gasteiger partial charge in [-0.15, -0.1) is 0 Å². The van der Waals surface area contributed by atoms with Crippen LogP contribution in [0.15, 0.2) is 42.7 Å². The molecule has 4 rings (SSSR count). The second-order valence-corrected chi connectivity index (χ2v) is 7.20. The van der Waals surface area contributed by atoms with Gasteiger partial charge >= 0.3 is 5.97 Å². The van der Waals surface area contributed by atoms with Crippen LogP contribution in [0.2, 0.25) is 0 Å². The molecular weight excluding hydrogens is 368 g/mol. The molecule has 29 heavy (non-hydrogen) atoms. The summed E-state index contributed by atoms with van der Waals surface area (Å²) in [6.45, 7) is 3.02. The first kappa shape index (κ1) is 18.9. The fraction of sp³-hybridized carbons (Fsp3) is 0.273. The molecular formula is C22H22N4O3. The summed E-state index contributed by atoms with van der Waals surface area (Å²) in [7, 11) is 3.18. The lowest BCUT2D eigenvalue weighted by Crippen LogP contribution is -2.17. The summed E-state index contributed by atoms with van der Waals surface area (Å²) in [5, 5.41) is 4.36. The first-order valence-electron chi connectivity index (χ1n) is 9.42. The maximum Gasteiger partial charge on any atom is 0.307 e. The van der Waals surface area contributed by atoms with E-state index in [9.17, 15) is 9.59 Å². The Labute approximate surface area is 168 Å². The zero-order valence-corrected chi connectivity index (χ0v) is 16.7. The number of carbonyl (C=O) groups is 2. The lowest BCUT2D eigenvalue weighted by Gasteiger charge is -2.10. The van der Waals surface area contributed by atoms with Gasteiger partial charge in [0.2, 0.25) is 0 Å². The monoisotopic (exact) mass is 390 g/mol. The number of carbonyl (C=O) groups excluding carboxylic acids is 2. The quantitative estimate of drug-likeness (QED) is 0.626. The third-order valence-electron chi connectivity index (χ3n) is 5.12. The van der Waals surface area contributed by atoms with Gasteiger partial charge in [-0.25, -0.2) is 0 Å². The van der Waals surface area contributed by atoms with Crippen molar-refractivity contribution in [3.8, 4) is 22.4 Å². The summed E-state index contributed by atoms with van der Waals surface area (Å²) in [6, 6.07) is 9.91. The Morgan fingerprint density at radius 1 is 1.17 bits per heavy atom. The van der Waals surface area contributed by atoms with Crippen LogP contribution in [-0.2, 0) is 22.6 Å². The molecule has 0 aliphatic carbocycles. The van der Waals surface area contributed by atoms with Crippen LogP contribution in [0.4, 0.5) is 0 Å². The highest BCUT2D eigenvalue weighted by Crippen LogP contribution is 2.33. The third kappa shape index (κ3) is 3.63. The van der Waals surface area contributed by atoms with E-state index in [0.29, 0.717) is 13.1 Å². The largest absolute Gasteiger partial charge is 0.469 e. The van der Waals surface area contributed by atoms with Crippen LogP contribution in [-0.4, -0.2) is 45.7 Å². The number of nitrogens with zero attached hydrogens (tertiary/aromatic N) is 4. The highest BCUT2D eigenvalue weighted by molar-refractivity contribution is 5.99. The molecule has 148 valence electrons. The minimum atomic E-state index is -0.271. The topological polar surface area (TPSA) is 77.3 Å². The van der Waals surface area contributed by atoms with Crippen molar-refractivity contribution >= 4 is 11.9 Å². The van der Waals surface area contributed by atoms with Gasteiger partial charge in [-0.3, -0.25) is 19.3 Å². The van der Waals surface area contributed by atoms with E-state index >= 15 is 0 Å². The van der Waals surface area contributed by atoms with Crippen LogP contribution < -0.4 is 0 Å². The summed E-state index contributed by atoms with van der Waals surface area (Å²) >= 11 is 0. The zero-order chi connectivity index (χ0) is 20.5. The fourth-order valence-electron chi connectivity index (χ4n) is 3.54. The molecule has 0 bridgehead atoms. The number of pyridine rings is 1. The molecule has 1 aliphatic heterocycles. The van der Waals surface area contributed by atoms with Crippen molar-refractivity contribution in [1.29, 1.82) is 0 Å². The maximum atomic E-state index is 12.4. The van der Waals surface area contributed by atoms with Crippen LogP contribution in [0.1, 0.15) is 28.0 Å². The molecule has 0 unspecified atom stereocenters. The molecule has 0 radical (unpaired) electrons. The third-order valence-corrected chi connectivity index (χ3v) is 5.12. The van der Waals surface area contributed by atoms with Crippen molar-refractivity contribution in [1.82, 2.24) is 19.7 Å². The predicted molar refractivity (Wildman–Crippen MR) is 108 cm³/mol. The molecule has 7 nitrogen and oxygen atoms in total. The van der Waals surface area contributed by atoms with Crippen molar-refractivity contribution in [2.24, 2.45) is 0 Å². The van der Waals surface area contributed by atoms with Crippen molar-refractivity contribution in [2.45, 2.75) is 26.4 Å². The first-order chi connectivity index (χ1) is 14.0. The molecule has 3 heterocycles. The Balaban J connectivity index is 1.71. The van der Waals surface area contributed by atoms with Crippen molar-refractivity contribution in [3.05, 3.63) is 59.5 Å². The first-order valence-corrected chi connectivity index (χ1v) is 9.42. The fourth-order valence-corrected chi connectivity index (χ4v) is 3.54. The molecule has 1 aliphatic rings. The Morgan fingerprint density at radius 2 is 2.00 bits per heavy atom. The lowest BCUT2D eigenvalue weighted by molar-refractivity contribution is -0.140. The molecule has 1 amide bonds. The summed E-state index contributed by atoms with van der Waals surface area (Å²) in [6.07, 6.45) is 3.92. The molecule has 0 saturated heterocycles. The zero-order valence-electron chi connectivity index (χ0n) is 16.7. The SMILES string of the molecule is COC(=O)CCn1cc(-c2ccc(C)nc2-c2ccc3c(c2)C(=O)N(C)C3)cn1. The molecule has 1 aromatic carbocycles. The van der Waals surface area contributed by atoms with E-state index in [-0.39, 0.29) is 18.3 Å². The molecule has 0 atom stereocenters. The number of methoxy groups -OCH3 is 1. The van der Waals surface area contributed by atoms with Crippen molar-refractivity contribution in [2.75, 3.05) is 14.2 Å². The number of amides is 1. The minimum absolute atomic E-state index is 0.0340. The maximum absolute atomic E-state index is 12.4. The molecule has 7 heteroatoms. The normalized spacial score (nSPS) is 12.9. The molecule has 2 aromatic heterocycles. The van der Waals surface area contributed by atoms with Crippen molar-refractivity contribution in [3.63, 3.8) is 0 Å². The molecule has 0 spiro atoms. The number of esters is 1. The second kappa shape index (κ2) is 7.50.